The standard InChI is InChI=1S/C14H17F3N2O2/c1-18-10-5-4-8-19(9-10)13(20)11-6-2-3-7-12(11)21-14(15,16)17/h2-3,6-7,10,18H,4-5,8-9H2,1H3/t10-/m0/s1. The van der Waals surface area contributed by atoms with Gasteiger partial charge in [0.25, 0.3) is 5.91 Å². The van der Waals surface area contributed by atoms with Crippen molar-refractivity contribution in [2.45, 2.75) is 25.2 Å². The SMILES string of the molecule is CN[C@H]1CCCN(C(=O)c2ccccc2OC(F)(F)F)C1. The molecule has 116 valence electrons. The molecule has 0 bridgehead atoms. The highest BCUT2D eigenvalue weighted by molar-refractivity contribution is 5.97. The molecule has 0 aliphatic carbocycles. The van der Waals surface area contributed by atoms with Crippen molar-refractivity contribution in [2.24, 2.45) is 0 Å². The number of nitrogens with zero attached hydrogens (tertiary/aromatic N) is 1. The van der Waals surface area contributed by atoms with Crippen LogP contribution in [0.15, 0.2) is 24.3 Å². The van der Waals surface area contributed by atoms with E-state index in [0.717, 1.165) is 18.9 Å². The molecule has 1 N–H and O–H groups in total. The van der Waals surface area contributed by atoms with E-state index in [2.05, 4.69) is 10.1 Å². The van der Waals surface area contributed by atoms with Gasteiger partial charge in [0.15, 0.2) is 0 Å². The molecule has 1 atom stereocenters. The van der Waals surface area contributed by atoms with Crippen molar-refractivity contribution in [3.63, 3.8) is 0 Å². The monoisotopic (exact) mass is 302 g/mol. The van der Waals surface area contributed by atoms with Gasteiger partial charge in [-0.25, -0.2) is 0 Å². The molecule has 21 heavy (non-hydrogen) atoms. The van der Waals surface area contributed by atoms with Gasteiger partial charge in [-0.05, 0) is 32.0 Å². The maximum atomic E-state index is 12.4. The second-order valence-electron chi connectivity index (χ2n) is 4.92. The molecule has 4 nitrogen and oxygen atoms in total. The van der Waals surface area contributed by atoms with Gasteiger partial charge in [-0.15, -0.1) is 13.2 Å². The first-order valence-electron chi connectivity index (χ1n) is 6.72. The van der Waals surface area contributed by atoms with Crippen molar-refractivity contribution in [2.75, 3.05) is 20.1 Å². The maximum absolute atomic E-state index is 12.4. The van der Waals surface area contributed by atoms with Crippen LogP contribution in [0.3, 0.4) is 0 Å². The Morgan fingerprint density at radius 1 is 1.38 bits per heavy atom. The number of amides is 1. The number of ether oxygens (including phenoxy) is 1. The quantitative estimate of drug-likeness (QED) is 0.932. The summed E-state index contributed by atoms with van der Waals surface area (Å²) < 4.78 is 41.1. The molecular formula is C14H17F3N2O2. The largest absolute Gasteiger partial charge is 0.573 e. The van der Waals surface area contributed by atoms with Crippen LogP contribution >= 0.6 is 0 Å². The van der Waals surface area contributed by atoms with Crippen molar-refractivity contribution in [3.8, 4) is 5.75 Å². The van der Waals surface area contributed by atoms with E-state index < -0.39 is 18.0 Å². The first-order valence-corrected chi connectivity index (χ1v) is 6.72. The van der Waals surface area contributed by atoms with Crippen LogP contribution in [0.2, 0.25) is 0 Å². The van der Waals surface area contributed by atoms with Crippen LogP contribution in [0.4, 0.5) is 13.2 Å². The maximum Gasteiger partial charge on any atom is 0.573 e. The normalized spacial score (nSPS) is 19.4. The molecule has 1 aromatic carbocycles. The first-order chi connectivity index (χ1) is 9.90. The Bertz CT molecular complexity index is 505. The number of piperidine rings is 1. The molecule has 7 heteroatoms. The fraction of sp³-hybridized carbons (Fsp3) is 0.500. The molecule has 0 aromatic heterocycles. The minimum atomic E-state index is -4.81. The molecule has 0 spiro atoms. The number of nitrogens with one attached hydrogen (secondary N) is 1. The third-order valence-corrected chi connectivity index (χ3v) is 3.46. The highest BCUT2D eigenvalue weighted by atomic mass is 19.4. The molecule has 1 aliphatic rings. The Morgan fingerprint density at radius 3 is 2.76 bits per heavy atom. The van der Waals surface area contributed by atoms with E-state index in [1.807, 2.05) is 0 Å². The molecule has 0 radical (unpaired) electrons. The van der Waals surface area contributed by atoms with Crippen molar-refractivity contribution in [1.29, 1.82) is 0 Å². The number of carbonyl (C=O) groups excluding carboxylic acids is 1. The number of likely N-dealkylation sites (tertiary alicyclic amines) is 1. The van der Waals surface area contributed by atoms with Crippen LogP contribution in [-0.2, 0) is 0 Å². The molecule has 0 unspecified atom stereocenters. The summed E-state index contributed by atoms with van der Waals surface area (Å²) in [5.74, 6) is -0.892. The Morgan fingerprint density at radius 2 is 2.10 bits per heavy atom. The number of halogens is 3. The Hall–Kier alpha value is -1.76. The first kappa shape index (κ1) is 15.6. The van der Waals surface area contributed by atoms with Gasteiger partial charge in [-0.3, -0.25) is 4.79 Å². The van der Waals surface area contributed by atoms with E-state index in [1.165, 1.54) is 18.2 Å². The second kappa shape index (κ2) is 6.34. The average molecular weight is 302 g/mol. The molecule has 1 aromatic rings. The predicted octanol–water partition coefficient (Wildman–Crippen LogP) is 2.41. The summed E-state index contributed by atoms with van der Waals surface area (Å²) >= 11 is 0. The zero-order chi connectivity index (χ0) is 15.5. The molecule has 2 rings (SSSR count). The summed E-state index contributed by atoms with van der Waals surface area (Å²) in [5.41, 5.74) is -0.0634. The number of carbonyl (C=O) groups is 1. The van der Waals surface area contributed by atoms with Crippen LogP contribution < -0.4 is 10.1 Å². The number of benzene rings is 1. The third-order valence-electron chi connectivity index (χ3n) is 3.46. The highest BCUT2D eigenvalue weighted by Crippen LogP contribution is 2.27. The minimum Gasteiger partial charge on any atom is -0.405 e. The van der Waals surface area contributed by atoms with E-state index >= 15 is 0 Å². The highest BCUT2D eigenvalue weighted by Gasteiger charge is 2.34. The summed E-state index contributed by atoms with van der Waals surface area (Å²) in [6.45, 7) is 1.02. The smallest absolute Gasteiger partial charge is 0.405 e. The summed E-state index contributed by atoms with van der Waals surface area (Å²) in [6, 6.07) is 5.60. The van der Waals surface area contributed by atoms with Gasteiger partial charge in [-0.1, -0.05) is 12.1 Å². The number of hydrogen-bond acceptors (Lipinski definition) is 3. The molecular weight excluding hydrogens is 285 g/mol. The third kappa shape index (κ3) is 4.10. The summed E-state index contributed by atoms with van der Waals surface area (Å²) in [7, 11) is 1.80. The Balaban J connectivity index is 2.19. The molecule has 1 saturated heterocycles. The van der Waals surface area contributed by atoms with Crippen molar-refractivity contribution in [3.05, 3.63) is 29.8 Å². The fourth-order valence-corrected chi connectivity index (χ4v) is 2.42. The molecule has 1 aliphatic heterocycles. The van der Waals surface area contributed by atoms with Gasteiger partial charge < -0.3 is 15.0 Å². The topological polar surface area (TPSA) is 41.6 Å². The van der Waals surface area contributed by atoms with Crippen molar-refractivity contribution < 1.29 is 22.7 Å². The van der Waals surface area contributed by atoms with Gasteiger partial charge in [0.1, 0.15) is 5.75 Å². The van der Waals surface area contributed by atoms with Gasteiger partial charge >= 0.3 is 6.36 Å². The van der Waals surface area contributed by atoms with Gasteiger partial charge in [-0.2, -0.15) is 0 Å². The Kier molecular flexibility index (Phi) is 4.72. The second-order valence-corrected chi connectivity index (χ2v) is 4.92. The molecule has 1 heterocycles. The van der Waals surface area contributed by atoms with Crippen LogP contribution in [-0.4, -0.2) is 43.3 Å². The van der Waals surface area contributed by atoms with Crippen molar-refractivity contribution >= 4 is 5.91 Å². The Labute approximate surface area is 120 Å². The molecule has 1 fully saturated rings. The molecule has 1 amide bonds. The van der Waals surface area contributed by atoms with Crippen LogP contribution in [0.1, 0.15) is 23.2 Å². The minimum absolute atomic E-state index is 0.0634. The van der Waals surface area contributed by atoms with Crippen molar-refractivity contribution in [1.82, 2.24) is 10.2 Å². The van der Waals surface area contributed by atoms with E-state index in [0.29, 0.717) is 13.1 Å². The summed E-state index contributed by atoms with van der Waals surface area (Å²) in [6.07, 6.45) is -3.05. The van der Waals surface area contributed by atoms with Crippen LogP contribution in [0.25, 0.3) is 0 Å². The lowest BCUT2D eigenvalue weighted by atomic mass is 10.0. The van der Waals surface area contributed by atoms with Gasteiger partial charge in [0, 0.05) is 19.1 Å². The summed E-state index contributed by atoms with van der Waals surface area (Å²) in [5, 5.41) is 3.09. The lowest BCUT2D eigenvalue weighted by Crippen LogP contribution is -2.47. The number of para-hydroxylation sites is 1. The molecule has 0 saturated carbocycles. The number of likely N-dealkylation sites (N-methyl/N-ethyl adjacent to an activating group) is 1. The zero-order valence-corrected chi connectivity index (χ0v) is 11.6. The predicted molar refractivity (Wildman–Crippen MR) is 71.1 cm³/mol. The van der Waals surface area contributed by atoms with Gasteiger partial charge in [0.05, 0.1) is 5.56 Å². The van der Waals surface area contributed by atoms with E-state index in [-0.39, 0.29) is 11.6 Å². The van der Waals surface area contributed by atoms with E-state index in [9.17, 15) is 18.0 Å². The number of alkyl halides is 3. The lowest BCUT2D eigenvalue weighted by Gasteiger charge is -2.33. The number of rotatable bonds is 3. The van der Waals surface area contributed by atoms with Crippen LogP contribution in [0, 0.1) is 0 Å². The van der Waals surface area contributed by atoms with E-state index in [4.69, 9.17) is 0 Å². The summed E-state index contributed by atoms with van der Waals surface area (Å²) in [4.78, 5) is 14.0. The lowest BCUT2D eigenvalue weighted by molar-refractivity contribution is -0.274. The van der Waals surface area contributed by atoms with E-state index in [1.54, 1.807) is 11.9 Å². The zero-order valence-electron chi connectivity index (χ0n) is 11.6. The van der Waals surface area contributed by atoms with Gasteiger partial charge in [0.2, 0.25) is 0 Å². The fourth-order valence-electron chi connectivity index (χ4n) is 2.42. The number of hydrogen-bond donors (Lipinski definition) is 1. The van der Waals surface area contributed by atoms with Crippen LogP contribution in [0.5, 0.6) is 5.75 Å². The average Bonchev–Trinajstić information content (AvgIpc) is 2.45.